The van der Waals surface area contributed by atoms with Crippen LogP contribution in [-0.2, 0) is 6.42 Å². The molecule has 2 aromatic carbocycles. The van der Waals surface area contributed by atoms with Gasteiger partial charge < -0.3 is 10.2 Å². The van der Waals surface area contributed by atoms with Crippen LogP contribution in [0.25, 0.3) is 10.8 Å². The van der Waals surface area contributed by atoms with Gasteiger partial charge in [0, 0.05) is 16.3 Å². The topological polar surface area (TPSA) is 40.5 Å². The van der Waals surface area contributed by atoms with E-state index in [1.54, 1.807) is 0 Å². The second-order valence-corrected chi connectivity index (χ2v) is 9.37. The highest BCUT2D eigenvalue weighted by atomic mass is 16.3. The Morgan fingerprint density at radius 3 is 2.15 bits per heavy atom. The fourth-order valence-electron chi connectivity index (χ4n) is 4.11. The summed E-state index contributed by atoms with van der Waals surface area (Å²) in [6, 6.07) is 7.48. The molecule has 0 radical (unpaired) electrons. The summed E-state index contributed by atoms with van der Waals surface area (Å²) >= 11 is 0. The van der Waals surface area contributed by atoms with Gasteiger partial charge in [0.05, 0.1) is 0 Å². The lowest BCUT2D eigenvalue weighted by molar-refractivity contribution is 0.236. The average Bonchev–Trinajstić information content (AvgIpc) is 2.58. The number of hydrogen-bond donors (Lipinski definition) is 2. The third kappa shape index (κ3) is 5.06. The largest absolute Gasteiger partial charge is 0.507 e. The van der Waals surface area contributed by atoms with Crippen LogP contribution in [0.4, 0.5) is 0 Å². The third-order valence-electron chi connectivity index (χ3n) is 5.96. The lowest BCUT2D eigenvalue weighted by Crippen LogP contribution is -2.19. The van der Waals surface area contributed by atoms with Crippen LogP contribution < -0.4 is 0 Å². The molecule has 2 heteroatoms. The zero-order valence-corrected chi connectivity index (χ0v) is 18.1. The summed E-state index contributed by atoms with van der Waals surface area (Å²) in [5, 5.41) is 22.7. The van der Waals surface area contributed by atoms with Crippen LogP contribution in [0.5, 0.6) is 11.5 Å². The molecule has 0 saturated heterocycles. The normalized spacial score (nSPS) is 14.1. The number of phenols is 2. The summed E-state index contributed by atoms with van der Waals surface area (Å²) in [7, 11) is 0. The fraction of sp³-hybridized carbons (Fsp3) is 0.520. The zero-order valence-electron chi connectivity index (χ0n) is 18.1. The highest BCUT2D eigenvalue weighted by molar-refractivity contribution is 5.95. The van der Waals surface area contributed by atoms with E-state index in [0.717, 1.165) is 17.5 Å². The summed E-state index contributed by atoms with van der Waals surface area (Å²) in [6.07, 6.45) is 5.09. The van der Waals surface area contributed by atoms with E-state index in [1.165, 1.54) is 12.0 Å². The number of fused-ring (bicyclic) bond motifs is 1. The molecule has 148 valence electrons. The van der Waals surface area contributed by atoms with Crippen molar-refractivity contribution in [1.82, 2.24) is 0 Å². The van der Waals surface area contributed by atoms with E-state index in [9.17, 15) is 10.2 Å². The number of aromatic hydroxyl groups is 2. The predicted octanol–water partition coefficient (Wildman–Crippen LogP) is 7.15. The van der Waals surface area contributed by atoms with Gasteiger partial charge in [0.2, 0.25) is 0 Å². The van der Waals surface area contributed by atoms with Crippen LogP contribution in [0, 0.1) is 24.2 Å². The van der Waals surface area contributed by atoms with Gasteiger partial charge in [-0.2, -0.15) is 0 Å². The van der Waals surface area contributed by atoms with E-state index < -0.39 is 0 Å². The molecule has 0 heterocycles. The van der Waals surface area contributed by atoms with Gasteiger partial charge in [0.1, 0.15) is 11.5 Å². The van der Waals surface area contributed by atoms with Gasteiger partial charge in [-0.3, -0.25) is 0 Å². The van der Waals surface area contributed by atoms with E-state index in [-0.39, 0.29) is 16.9 Å². The number of benzene rings is 2. The van der Waals surface area contributed by atoms with Gasteiger partial charge in [-0.05, 0) is 55.9 Å². The Labute approximate surface area is 164 Å². The second kappa shape index (κ2) is 8.37. The van der Waals surface area contributed by atoms with E-state index in [0.29, 0.717) is 29.0 Å². The quantitative estimate of drug-likeness (QED) is 0.402. The minimum absolute atomic E-state index is 0.257. The minimum atomic E-state index is 0.257. The lowest BCUT2D eigenvalue weighted by Gasteiger charge is -2.30. The van der Waals surface area contributed by atoms with Crippen LogP contribution in [0.1, 0.15) is 65.5 Å². The highest BCUT2D eigenvalue weighted by Gasteiger charge is 2.23. The maximum Gasteiger partial charge on any atom is 0.127 e. The first-order valence-electron chi connectivity index (χ1n) is 10.1. The van der Waals surface area contributed by atoms with Gasteiger partial charge in [-0.1, -0.05) is 70.5 Å². The first kappa shape index (κ1) is 21.3. The van der Waals surface area contributed by atoms with Crippen molar-refractivity contribution >= 4 is 10.8 Å². The monoisotopic (exact) mass is 368 g/mol. The number of hydrogen-bond acceptors (Lipinski definition) is 2. The number of rotatable bonds is 7. The van der Waals surface area contributed by atoms with Crippen molar-refractivity contribution in [1.29, 1.82) is 0 Å². The Bertz CT molecular complexity index is 828. The van der Waals surface area contributed by atoms with Crippen molar-refractivity contribution in [3.63, 3.8) is 0 Å². The molecular weight excluding hydrogens is 332 g/mol. The van der Waals surface area contributed by atoms with Crippen molar-refractivity contribution in [2.45, 2.75) is 67.7 Å². The molecule has 2 nitrogen and oxygen atoms in total. The molecule has 2 rings (SSSR count). The predicted molar refractivity (Wildman–Crippen MR) is 116 cm³/mol. The smallest absolute Gasteiger partial charge is 0.127 e. The zero-order chi connectivity index (χ0) is 20.4. The van der Waals surface area contributed by atoms with Crippen molar-refractivity contribution in [3.8, 4) is 11.5 Å². The Balaban J connectivity index is 2.22. The molecule has 0 spiro atoms. The van der Waals surface area contributed by atoms with Crippen LogP contribution in [0.15, 0.2) is 35.9 Å². The van der Waals surface area contributed by atoms with E-state index in [1.807, 2.05) is 31.2 Å². The summed E-state index contributed by atoms with van der Waals surface area (Å²) in [6.45, 7) is 15.7. The molecule has 0 aromatic heterocycles. The summed E-state index contributed by atoms with van der Waals surface area (Å²) in [4.78, 5) is 0. The van der Waals surface area contributed by atoms with Crippen molar-refractivity contribution < 1.29 is 10.2 Å². The minimum Gasteiger partial charge on any atom is -0.507 e. The van der Waals surface area contributed by atoms with Gasteiger partial charge in [0.25, 0.3) is 0 Å². The standard InChI is InChI=1S/C25H36O2/c1-16(2)18(4)15-25(6,7)14-17(3)12-13-20-19(5)23(26)21-10-8-9-11-22(21)24(20)27/h8-12,16,18,26-27H,13-15H2,1-7H3/b17-12+. The average molecular weight is 369 g/mol. The van der Waals surface area contributed by atoms with Crippen LogP contribution in [-0.4, -0.2) is 10.2 Å². The molecule has 1 atom stereocenters. The molecule has 0 aliphatic carbocycles. The molecule has 2 aromatic rings. The molecular formula is C25H36O2. The third-order valence-corrected chi connectivity index (χ3v) is 5.96. The molecule has 2 N–H and O–H groups in total. The summed E-state index contributed by atoms with van der Waals surface area (Å²) < 4.78 is 0. The van der Waals surface area contributed by atoms with Crippen molar-refractivity contribution in [2.24, 2.45) is 17.3 Å². The molecule has 0 aliphatic rings. The van der Waals surface area contributed by atoms with Crippen LogP contribution >= 0.6 is 0 Å². The number of phenolic OH excluding ortho intramolecular Hbond substituents is 2. The molecule has 0 bridgehead atoms. The lowest BCUT2D eigenvalue weighted by atomic mass is 9.75. The van der Waals surface area contributed by atoms with Gasteiger partial charge in [-0.25, -0.2) is 0 Å². The van der Waals surface area contributed by atoms with Crippen LogP contribution in [0.2, 0.25) is 0 Å². The Morgan fingerprint density at radius 2 is 1.59 bits per heavy atom. The van der Waals surface area contributed by atoms with Gasteiger partial charge in [-0.15, -0.1) is 0 Å². The Morgan fingerprint density at radius 1 is 1.04 bits per heavy atom. The van der Waals surface area contributed by atoms with Crippen LogP contribution in [0.3, 0.4) is 0 Å². The SMILES string of the molecule is C/C(=C\Cc1c(C)c(O)c2ccccc2c1O)CC(C)(C)CC(C)C(C)C. The molecule has 0 aliphatic heterocycles. The van der Waals surface area contributed by atoms with Crippen molar-refractivity contribution in [3.05, 3.63) is 47.0 Å². The Hall–Kier alpha value is -1.96. The van der Waals surface area contributed by atoms with E-state index >= 15 is 0 Å². The first-order chi connectivity index (χ1) is 12.5. The fourth-order valence-corrected chi connectivity index (χ4v) is 4.11. The van der Waals surface area contributed by atoms with Gasteiger partial charge in [0.15, 0.2) is 0 Å². The molecule has 1 unspecified atom stereocenters. The number of allylic oxidation sites excluding steroid dienone is 2. The first-order valence-corrected chi connectivity index (χ1v) is 10.1. The molecule has 0 amide bonds. The molecule has 0 saturated carbocycles. The molecule has 27 heavy (non-hydrogen) atoms. The Kier molecular flexibility index (Phi) is 6.62. The summed E-state index contributed by atoms with van der Waals surface area (Å²) in [5.74, 6) is 1.97. The second-order valence-electron chi connectivity index (χ2n) is 9.37. The van der Waals surface area contributed by atoms with E-state index in [4.69, 9.17) is 0 Å². The molecule has 0 fully saturated rings. The van der Waals surface area contributed by atoms with Gasteiger partial charge >= 0.3 is 0 Å². The van der Waals surface area contributed by atoms with Crippen molar-refractivity contribution in [2.75, 3.05) is 0 Å². The maximum atomic E-state index is 10.7. The van der Waals surface area contributed by atoms with E-state index in [2.05, 4.69) is 47.6 Å². The highest BCUT2D eigenvalue weighted by Crippen LogP contribution is 2.40. The summed E-state index contributed by atoms with van der Waals surface area (Å²) in [5.41, 5.74) is 3.18. The maximum absolute atomic E-state index is 10.7.